The number of hydrogen-bond acceptors (Lipinski definition) is 4. The molecule has 0 aromatic heterocycles. The van der Waals surface area contributed by atoms with Crippen molar-refractivity contribution < 1.29 is 9.47 Å². The number of ether oxygens (including phenoxy) is 2. The molecule has 1 saturated heterocycles. The Balaban J connectivity index is 2.12. The van der Waals surface area contributed by atoms with Gasteiger partial charge < -0.3 is 14.8 Å². The molecule has 18 heavy (non-hydrogen) atoms. The van der Waals surface area contributed by atoms with Gasteiger partial charge in [0.05, 0.1) is 6.61 Å². The standard InChI is InChI=1S/C14H30N2O2/c1-3-8-16(14-6-4-7-15-13-14)9-12-18-11-5-10-17-2/h14-15H,3-13H2,1-2H3. The molecule has 1 unspecified atom stereocenters. The fourth-order valence-corrected chi connectivity index (χ4v) is 2.50. The quantitative estimate of drug-likeness (QED) is 0.602. The summed E-state index contributed by atoms with van der Waals surface area (Å²) in [6.45, 7) is 9.29. The van der Waals surface area contributed by atoms with Gasteiger partial charge >= 0.3 is 0 Å². The Labute approximate surface area is 112 Å². The number of nitrogens with zero attached hydrogens (tertiary/aromatic N) is 1. The maximum absolute atomic E-state index is 5.66. The molecule has 0 spiro atoms. The largest absolute Gasteiger partial charge is 0.385 e. The summed E-state index contributed by atoms with van der Waals surface area (Å²) in [4.78, 5) is 2.59. The van der Waals surface area contributed by atoms with Crippen LogP contribution in [-0.4, -0.2) is 64.1 Å². The Morgan fingerprint density at radius 2 is 2.11 bits per heavy atom. The molecular weight excluding hydrogens is 228 g/mol. The van der Waals surface area contributed by atoms with Crippen LogP contribution in [-0.2, 0) is 9.47 Å². The zero-order chi connectivity index (χ0) is 13.1. The predicted octanol–water partition coefficient (Wildman–Crippen LogP) is 1.50. The molecule has 1 aliphatic rings. The Hall–Kier alpha value is -0.160. The molecule has 0 radical (unpaired) electrons. The summed E-state index contributed by atoms with van der Waals surface area (Å²) in [5.41, 5.74) is 0. The lowest BCUT2D eigenvalue weighted by Gasteiger charge is -2.34. The van der Waals surface area contributed by atoms with Gasteiger partial charge in [0.15, 0.2) is 0 Å². The van der Waals surface area contributed by atoms with Crippen molar-refractivity contribution >= 4 is 0 Å². The van der Waals surface area contributed by atoms with Gasteiger partial charge in [-0.15, -0.1) is 0 Å². The second-order valence-corrected chi connectivity index (χ2v) is 4.99. The Morgan fingerprint density at radius 3 is 2.78 bits per heavy atom. The van der Waals surface area contributed by atoms with Crippen molar-refractivity contribution in [3.63, 3.8) is 0 Å². The van der Waals surface area contributed by atoms with Gasteiger partial charge in [-0.2, -0.15) is 0 Å². The fraction of sp³-hybridized carbons (Fsp3) is 1.00. The lowest BCUT2D eigenvalue weighted by Crippen LogP contribution is -2.47. The lowest BCUT2D eigenvalue weighted by molar-refractivity contribution is 0.0672. The molecule has 0 saturated carbocycles. The number of rotatable bonds is 10. The number of methoxy groups -OCH3 is 1. The topological polar surface area (TPSA) is 33.7 Å². The third-order valence-electron chi connectivity index (χ3n) is 3.46. The minimum atomic E-state index is 0.710. The van der Waals surface area contributed by atoms with Crippen LogP contribution in [0.5, 0.6) is 0 Å². The molecule has 1 rings (SSSR count). The van der Waals surface area contributed by atoms with Gasteiger partial charge in [0.1, 0.15) is 0 Å². The van der Waals surface area contributed by atoms with Gasteiger partial charge in [-0.1, -0.05) is 6.92 Å². The van der Waals surface area contributed by atoms with E-state index in [1.165, 1.54) is 32.4 Å². The van der Waals surface area contributed by atoms with Gasteiger partial charge in [0.25, 0.3) is 0 Å². The molecule has 0 aliphatic carbocycles. The van der Waals surface area contributed by atoms with Gasteiger partial charge in [0, 0.05) is 39.5 Å². The van der Waals surface area contributed by atoms with Gasteiger partial charge in [0.2, 0.25) is 0 Å². The van der Waals surface area contributed by atoms with Gasteiger partial charge in [-0.25, -0.2) is 0 Å². The van der Waals surface area contributed by atoms with Gasteiger partial charge in [-0.3, -0.25) is 4.90 Å². The van der Waals surface area contributed by atoms with Crippen LogP contribution >= 0.6 is 0 Å². The van der Waals surface area contributed by atoms with E-state index in [9.17, 15) is 0 Å². The lowest BCUT2D eigenvalue weighted by atomic mass is 10.1. The maximum atomic E-state index is 5.66. The summed E-state index contributed by atoms with van der Waals surface area (Å²) in [5, 5.41) is 3.49. The molecule has 108 valence electrons. The minimum Gasteiger partial charge on any atom is -0.385 e. The van der Waals surface area contributed by atoms with E-state index in [0.29, 0.717) is 6.04 Å². The second kappa shape index (κ2) is 10.7. The summed E-state index contributed by atoms with van der Waals surface area (Å²) in [6.07, 6.45) is 4.85. The van der Waals surface area contributed by atoms with Crippen LogP contribution in [0.4, 0.5) is 0 Å². The third-order valence-corrected chi connectivity index (χ3v) is 3.46. The van der Waals surface area contributed by atoms with E-state index in [2.05, 4.69) is 17.1 Å². The van der Waals surface area contributed by atoms with Crippen LogP contribution in [0.25, 0.3) is 0 Å². The second-order valence-electron chi connectivity index (χ2n) is 4.99. The van der Waals surface area contributed by atoms with E-state index < -0.39 is 0 Å². The van der Waals surface area contributed by atoms with Crippen molar-refractivity contribution in [2.75, 3.05) is 53.1 Å². The van der Waals surface area contributed by atoms with Crippen LogP contribution in [0, 0.1) is 0 Å². The molecule has 1 fully saturated rings. The molecule has 0 bridgehead atoms. The van der Waals surface area contributed by atoms with Crippen molar-refractivity contribution in [1.82, 2.24) is 10.2 Å². The predicted molar refractivity (Wildman–Crippen MR) is 75.1 cm³/mol. The highest BCUT2D eigenvalue weighted by molar-refractivity contribution is 4.78. The summed E-state index contributed by atoms with van der Waals surface area (Å²) in [7, 11) is 1.74. The molecule has 1 heterocycles. The minimum absolute atomic E-state index is 0.710. The van der Waals surface area contributed by atoms with Crippen molar-refractivity contribution in [2.45, 2.75) is 38.6 Å². The fourth-order valence-electron chi connectivity index (χ4n) is 2.50. The van der Waals surface area contributed by atoms with Crippen molar-refractivity contribution in [2.24, 2.45) is 0 Å². The maximum Gasteiger partial charge on any atom is 0.0593 e. The van der Waals surface area contributed by atoms with E-state index in [0.717, 1.165) is 39.3 Å². The zero-order valence-electron chi connectivity index (χ0n) is 12.1. The number of piperidine rings is 1. The van der Waals surface area contributed by atoms with E-state index >= 15 is 0 Å². The van der Waals surface area contributed by atoms with Crippen LogP contribution in [0.1, 0.15) is 32.6 Å². The average Bonchev–Trinajstić information content (AvgIpc) is 2.42. The normalized spacial score (nSPS) is 20.5. The summed E-state index contributed by atoms with van der Waals surface area (Å²) in [5.74, 6) is 0. The highest BCUT2D eigenvalue weighted by Crippen LogP contribution is 2.10. The molecule has 1 aliphatic heterocycles. The highest BCUT2D eigenvalue weighted by Gasteiger charge is 2.19. The molecule has 0 amide bonds. The van der Waals surface area contributed by atoms with Crippen LogP contribution in [0.3, 0.4) is 0 Å². The first kappa shape index (κ1) is 15.9. The first-order chi connectivity index (χ1) is 8.88. The van der Waals surface area contributed by atoms with E-state index in [4.69, 9.17) is 9.47 Å². The molecule has 0 aromatic rings. The van der Waals surface area contributed by atoms with Crippen molar-refractivity contribution in [1.29, 1.82) is 0 Å². The van der Waals surface area contributed by atoms with Crippen LogP contribution in [0.15, 0.2) is 0 Å². The summed E-state index contributed by atoms with van der Waals surface area (Å²) < 4.78 is 10.7. The summed E-state index contributed by atoms with van der Waals surface area (Å²) in [6, 6.07) is 0.710. The van der Waals surface area contributed by atoms with Gasteiger partial charge in [-0.05, 0) is 38.8 Å². The first-order valence-electron chi connectivity index (χ1n) is 7.40. The highest BCUT2D eigenvalue weighted by atomic mass is 16.5. The number of hydrogen-bond donors (Lipinski definition) is 1. The van der Waals surface area contributed by atoms with E-state index in [1.807, 2.05) is 0 Å². The Morgan fingerprint density at radius 1 is 1.22 bits per heavy atom. The smallest absolute Gasteiger partial charge is 0.0593 e. The van der Waals surface area contributed by atoms with E-state index in [-0.39, 0.29) is 0 Å². The molecule has 4 heteroatoms. The molecule has 0 aromatic carbocycles. The Bertz CT molecular complexity index is 185. The molecule has 1 atom stereocenters. The summed E-state index contributed by atoms with van der Waals surface area (Å²) >= 11 is 0. The zero-order valence-corrected chi connectivity index (χ0v) is 12.1. The SMILES string of the molecule is CCCN(CCOCCCOC)C1CCCNC1. The monoisotopic (exact) mass is 258 g/mol. The average molecular weight is 258 g/mol. The van der Waals surface area contributed by atoms with Crippen molar-refractivity contribution in [3.05, 3.63) is 0 Å². The van der Waals surface area contributed by atoms with Crippen molar-refractivity contribution in [3.8, 4) is 0 Å². The van der Waals surface area contributed by atoms with Crippen LogP contribution < -0.4 is 5.32 Å². The molecule has 4 nitrogen and oxygen atoms in total. The third kappa shape index (κ3) is 6.69. The van der Waals surface area contributed by atoms with Crippen LogP contribution in [0.2, 0.25) is 0 Å². The Kier molecular flexibility index (Phi) is 9.48. The van der Waals surface area contributed by atoms with E-state index in [1.54, 1.807) is 7.11 Å². The molecular formula is C14H30N2O2. The molecule has 1 N–H and O–H groups in total. The first-order valence-corrected chi connectivity index (χ1v) is 7.40. The number of nitrogens with one attached hydrogen (secondary N) is 1.